The summed E-state index contributed by atoms with van der Waals surface area (Å²) in [5.41, 5.74) is 1.85. The predicted molar refractivity (Wildman–Crippen MR) is 63.4 cm³/mol. The van der Waals surface area contributed by atoms with Gasteiger partial charge < -0.3 is 4.74 Å². The Morgan fingerprint density at radius 1 is 1.44 bits per heavy atom. The number of fused-ring (bicyclic) bond motifs is 1. The lowest BCUT2D eigenvalue weighted by Gasteiger charge is -2.23. The van der Waals surface area contributed by atoms with Gasteiger partial charge in [-0.25, -0.2) is 8.42 Å². The van der Waals surface area contributed by atoms with Crippen LogP contribution in [0.2, 0.25) is 0 Å². The molecule has 0 fully saturated rings. The molecule has 5 heteroatoms. The Bertz CT molecular complexity index is 496. The van der Waals surface area contributed by atoms with Crippen LogP contribution in [0.5, 0.6) is 5.75 Å². The number of aryl methyl sites for hydroxylation is 1. The van der Waals surface area contributed by atoms with E-state index in [-0.39, 0.29) is 0 Å². The Balaban J connectivity index is 2.52. The van der Waals surface area contributed by atoms with Crippen molar-refractivity contribution in [2.75, 3.05) is 7.11 Å². The van der Waals surface area contributed by atoms with Crippen molar-refractivity contribution in [1.82, 2.24) is 0 Å². The zero-order valence-corrected chi connectivity index (χ0v) is 10.5. The van der Waals surface area contributed by atoms with Crippen molar-refractivity contribution in [2.24, 2.45) is 0 Å². The van der Waals surface area contributed by atoms with Gasteiger partial charge in [-0.1, -0.05) is 6.07 Å². The van der Waals surface area contributed by atoms with E-state index in [9.17, 15) is 8.42 Å². The molecule has 0 N–H and O–H groups in total. The first-order valence-electron chi connectivity index (χ1n) is 5.12. The number of hydrogen-bond acceptors (Lipinski definition) is 3. The standard InChI is InChI=1S/C11H13ClO3S/c1-15-9-6-5-8-3-2-4-11(10(8)7-9)16(12,13)14/h5-7,11H,2-4H2,1H3. The van der Waals surface area contributed by atoms with Gasteiger partial charge in [0, 0.05) is 10.7 Å². The summed E-state index contributed by atoms with van der Waals surface area (Å²) < 4.78 is 28.0. The van der Waals surface area contributed by atoms with E-state index in [1.165, 1.54) is 0 Å². The lowest BCUT2D eigenvalue weighted by atomic mass is 9.91. The molecule has 1 aliphatic carbocycles. The van der Waals surface area contributed by atoms with E-state index in [0.717, 1.165) is 24.0 Å². The zero-order chi connectivity index (χ0) is 11.8. The van der Waals surface area contributed by atoms with Crippen molar-refractivity contribution in [3.63, 3.8) is 0 Å². The smallest absolute Gasteiger partial charge is 0.239 e. The first-order chi connectivity index (χ1) is 7.52. The van der Waals surface area contributed by atoms with Crippen LogP contribution in [0.4, 0.5) is 0 Å². The van der Waals surface area contributed by atoms with Gasteiger partial charge in [0.05, 0.1) is 7.11 Å². The molecule has 0 bridgehead atoms. The average Bonchev–Trinajstić information content (AvgIpc) is 2.26. The van der Waals surface area contributed by atoms with Crippen molar-refractivity contribution in [3.8, 4) is 5.75 Å². The third-order valence-corrected chi connectivity index (χ3v) is 4.77. The van der Waals surface area contributed by atoms with Gasteiger partial charge >= 0.3 is 0 Å². The highest BCUT2D eigenvalue weighted by atomic mass is 35.7. The maximum Gasteiger partial charge on any atom is 0.239 e. The van der Waals surface area contributed by atoms with Crippen LogP contribution in [0.15, 0.2) is 18.2 Å². The number of rotatable bonds is 2. The molecular weight excluding hydrogens is 248 g/mol. The van der Waals surface area contributed by atoms with Crippen molar-refractivity contribution < 1.29 is 13.2 Å². The van der Waals surface area contributed by atoms with Crippen molar-refractivity contribution in [2.45, 2.75) is 24.5 Å². The molecule has 16 heavy (non-hydrogen) atoms. The van der Waals surface area contributed by atoms with Crippen LogP contribution >= 0.6 is 10.7 Å². The SMILES string of the molecule is COc1ccc2c(c1)C(S(=O)(=O)Cl)CCC2. The summed E-state index contributed by atoms with van der Waals surface area (Å²) in [6, 6.07) is 5.55. The average molecular weight is 261 g/mol. The number of benzene rings is 1. The van der Waals surface area contributed by atoms with Crippen LogP contribution in [0, 0.1) is 0 Å². The monoisotopic (exact) mass is 260 g/mol. The third kappa shape index (κ3) is 2.18. The number of halogens is 1. The molecule has 3 nitrogen and oxygen atoms in total. The van der Waals surface area contributed by atoms with Crippen LogP contribution in [0.3, 0.4) is 0 Å². The first-order valence-corrected chi connectivity index (χ1v) is 7.50. The molecule has 88 valence electrons. The van der Waals surface area contributed by atoms with Crippen LogP contribution < -0.4 is 4.74 Å². The van der Waals surface area contributed by atoms with E-state index < -0.39 is 14.3 Å². The predicted octanol–water partition coefficient (Wildman–Crippen LogP) is 2.64. The Morgan fingerprint density at radius 2 is 2.19 bits per heavy atom. The second-order valence-corrected chi connectivity index (χ2v) is 6.73. The Morgan fingerprint density at radius 3 is 2.81 bits per heavy atom. The quantitative estimate of drug-likeness (QED) is 0.768. The second-order valence-electron chi connectivity index (χ2n) is 3.92. The normalized spacial score (nSPS) is 20.2. The summed E-state index contributed by atoms with van der Waals surface area (Å²) in [6.07, 6.45) is 2.35. The topological polar surface area (TPSA) is 43.4 Å². The van der Waals surface area contributed by atoms with Gasteiger partial charge in [0.1, 0.15) is 11.0 Å². The Kier molecular flexibility index (Phi) is 3.13. The van der Waals surface area contributed by atoms with Gasteiger partial charge in [0.2, 0.25) is 9.05 Å². The van der Waals surface area contributed by atoms with Crippen LogP contribution in [-0.4, -0.2) is 15.5 Å². The minimum atomic E-state index is -3.55. The molecule has 1 atom stereocenters. The lowest BCUT2D eigenvalue weighted by Crippen LogP contribution is -2.15. The summed E-state index contributed by atoms with van der Waals surface area (Å²) in [6.45, 7) is 0. The van der Waals surface area contributed by atoms with Gasteiger partial charge in [-0.05, 0) is 42.5 Å². The van der Waals surface area contributed by atoms with Crippen molar-refractivity contribution in [1.29, 1.82) is 0 Å². The van der Waals surface area contributed by atoms with E-state index in [1.807, 2.05) is 12.1 Å². The molecule has 0 spiro atoms. The maximum atomic E-state index is 11.5. The van der Waals surface area contributed by atoms with Gasteiger partial charge in [0.25, 0.3) is 0 Å². The molecule has 0 saturated carbocycles. The minimum Gasteiger partial charge on any atom is -0.497 e. The first kappa shape index (κ1) is 11.7. The van der Waals surface area contributed by atoms with Gasteiger partial charge in [-0.3, -0.25) is 0 Å². The second kappa shape index (κ2) is 4.26. The zero-order valence-electron chi connectivity index (χ0n) is 8.94. The highest BCUT2D eigenvalue weighted by molar-refractivity contribution is 8.13. The summed E-state index contributed by atoms with van der Waals surface area (Å²) in [7, 11) is 3.48. The molecule has 1 unspecified atom stereocenters. The summed E-state index contributed by atoms with van der Waals surface area (Å²) in [5.74, 6) is 0.672. The third-order valence-electron chi connectivity index (χ3n) is 2.95. The number of methoxy groups -OCH3 is 1. The van der Waals surface area contributed by atoms with E-state index >= 15 is 0 Å². The molecule has 0 aliphatic heterocycles. The molecular formula is C11H13ClO3S. The van der Waals surface area contributed by atoms with Crippen molar-refractivity contribution in [3.05, 3.63) is 29.3 Å². The molecule has 0 heterocycles. The molecule has 1 aromatic rings. The fourth-order valence-electron chi connectivity index (χ4n) is 2.15. The highest BCUT2D eigenvalue weighted by Gasteiger charge is 2.30. The van der Waals surface area contributed by atoms with Crippen LogP contribution in [0.1, 0.15) is 29.2 Å². The fourth-order valence-corrected chi connectivity index (χ4v) is 3.68. The molecule has 0 amide bonds. The fraction of sp³-hybridized carbons (Fsp3) is 0.455. The molecule has 1 aliphatic rings. The number of hydrogen-bond donors (Lipinski definition) is 0. The molecule has 0 aromatic heterocycles. The summed E-state index contributed by atoms with van der Waals surface area (Å²) in [4.78, 5) is 0. The summed E-state index contributed by atoms with van der Waals surface area (Å²) >= 11 is 0. The van der Waals surface area contributed by atoms with E-state index in [4.69, 9.17) is 15.4 Å². The molecule has 0 radical (unpaired) electrons. The van der Waals surface area contributed by atoms with Crippen LogP contribution in [0.25, 0.3) is 0 Å². The number of ether oxygens (including phenoxy) is 1. The van der Waals surface area contributed by atoms with Crippen LogP contribution in [-0.2, 0) is 15.5 Å². The van der Waals surface area contributed by atoms with E-state index in [0.29, 0.717) is 12.2 Å². The van der Waals surface area contributed by atoms with Gasteiger partial charge in [-0.15, -0.1) is 0 Å². The largest absolute Gasteiger partial charge is 0.497 e. The van der Waals surface area contributed by atoms with Gasteiger partial charge in [-0.2, -0.15) is 0 Å². The Hall–Kier alpha value is -0.740. The maximum absolute atomic E-state index is 11.5. The van der Waals surface area contributed by atoms with E-state index in [2.05, 4.69) is 0 Å². The molecule has 2 rings (SSSR count). The van der Waals surface area contributed by atoms with E-state index in [1.54, 1.807) is 13.2 Å². The van der Waals surface area contributed by atoms with Gasteiger partial charge in [0.15, 0.2) is 0 Å². The Labute approximate surface area is 99.8 Å². The highest BCUT2D eigenvalue weighted by Crippen LogP contribution is 2.38. The molecule has 0 saturated heterocycles. The molecule has 1 aromatic carbocycles. The van der Waals surface area contributed by atoms with Crippen molar-refractivity contribution >= 4 is 19.7 Å². The lowest BCUT2D eigenvalue weighted by molar-refractivity contribution is 0.413. The minimum absolute atomic E-state index is 0.589. The summed E-state index contributed by atoms with van der Waals surface area (Å²) in [5, 5.41) is -0.590.